The van der Waals surface area contributed by atoms with E-state index in [-0.39, 0.29) is 12.5 Å². The van der Waals surface area contributed by atoms with E-state index in [1.165, 1.54) is 0 Å². The molecule has 0 radical (unpaired) electrons. The van der Waals surface area contributed by atoms with E-state index in [2.05, 4.69) is 15.5 Å². The Bertz CT molecular complexity index is 740. The van der Waals surface area contributed by atoms with Crippen LogP contribution in [0.15, 0.2) is 60.0 Å². The maximum Gasteiger partial charge on any atom is 0.259 e. The first kappa shape index (κ1) is 12.2. The van der Waals surface area contributed by atoms with Crippen molar-refractivity contribution in [3.63, 3.8) is 0 Å². The number of hydrazone groups is 1. The largest absolute Gasteiger partial charge is 0.360 e. The number of rotatable bonds is 4. The highest BCUT2D eigenvalue weighted by Gasteiger charge is 2.04. The molecule has 1 amide bonds. The van der Waals surface area contributed by atoms with E-state index in [9.17, 15) is 4.79 Å². The number of nitrogens with zero attached hydrogens (tertiary/aromatic N) is 2. The number of hydrogen-bond acceptors (Lipinski definition) is 2. The molecule has 0 bridgehead atoms. The zero-order chi connectivity index (χ0) is 13.8. The van der Waals surface area contributed by atoms with Gasteiger partial charge in [-0.15, -0.1) is 0 Å². The highest BCUT2D eigenvalue weighted by molar-refractivity contribution is 5.84. The number of carbonyl (C=O) groups excluding carboxylic acids is 1. The smallest absolute Gasteiger partial charge is 0.259 e. The lowest BCUT2D eigenvalue weighted by atomic mass is 10.2. The molecule has 3 aromatic rings. The van der Waals surface area contributed by atoms with Crippen molar-refractivity contribution in [1.29, 1.82) is 0 Å². The summed E-state index contributed by atoms with van der Waals surface area (Å²) >= 11 is 0. The Labute approximate surface area is 115 Å². The Hall–Kier alpha value is -2.82. The number of hydrogen-bond donors (Lipinski definition) is 2. The predicted octanol–water partition coefficient (Wildman–Crippen LogP) is 2.12. The normalized spacial score (nSPS) is 11.2. The van der Waals surface area contributed by atoms with Crippen molar-refractivity contribution in [2.75, 3.05) is 0 Å². The number of nitrogens with one attached hydrogen (secondary N) is 2. The molecule has 2 heterocycles. The fourth-order valence-electron chi connectivity index (χ4n) is 2.07. The third kappa shape index (κ3) is 2.61. The monoisotopic (exact) mass is 266 g/mol. The summed E-state index contributed by atoms with van der Waals surface area (Å²) in [6.45, 7) is 0.246. The number of benzene rings is 1. The Balaban J connectivity index is 1.64. The van der Waals surface area contributed by atoms with Crippen molar-refractivity contribution < 1.29 is 4.79 Å². The van der Waals surface area contributed by atoms with Gasteiger partial charge in [0.25, 0.3) is 5.91 Å². The van der Waals surface area contributed by atoms with E-state index in [4.69, 9.17) is 0 Å². The Morgan fingerprint density at radius 1 is 1.25 bits per heavy atom. The summed E-state index contributed by atoms with van der Waals surface area (Å²) in [6.07, 6.45) is 5.28. The van der Waals surface area contributed by atoms with Gasteiger partial charge in [0, 0.05) is 17.9 Å². The van der Waals surface area contributed by atoms with Crippen molar-refractivity contribution in [2.24, 2.45) is 5.10 Å². The van der Waals surface area contributed by atoms with Crippen molar-refractivity contribution in [3.8, 4) is 0 Å². The van der Waals surface area contributed by atoms with Crippen LogP contribution in [0.2, 0.25) is 0 Å². The first-order valence-corrected chi connectivity index (χ1v) is 6.32. The molecule has 0 saturated heterocycles. The van der Waals surface area contributed by atoms with Crippen LogP contribution in [-0.2, 0) is 11.3 Å². The fraction of sp³-hybridized carbons (Fsp3) is 0.0667. The van der Waals surface area contributed by atoms with Gasteiger partial charge in [-0.2, -0.15) is 5.10 Å². The fourth-order valence-corrected chi connectivity index (χ4v) is 2.07. The average Bonchev–Trinajstić information content (AvgIpc) is 3.09. The average molecular weight is 266 g/mol. The molecule has 0 unspecified atom stereocenters. The summed E-state index contributed by atoms with van der Waals surface area (Å²) in [7, 11) is 0. The van der Waals surface area contributed by atoms with Gasteiger partial charge in [-0.3, -0.25) is 4.79 Å². The van der Waals surface area contributed by atoms with Gasteiger partial charge in [-0.05, 0) is 29.7 Å². The molecule has 2 aromatic heterocycles. The van der Waals surface area contributed by atoms with Gasteiger partial charge in [0.2, 0.25) is 0 Å². The maximum atomic E-state index is 11.8. The molecule has 5 nitrogen and oxygen atoms in total. The summed E-state index contributed by atoms with van der Waals surface area (Å²) in [5.41, 5.74) is 4.40. The number of amides is 1. The molecule has 5 heteroatoms. The van der Waals surface area contributed by atoms with Crippen LogP contribution >= 0.6 is 0 Å². The van der Waals surface area contributed by atoms with E-state index in [0.717, 1.165) is 16.6 Å². The summed E-state index contributed by atoms with van der Waals surface area (Å²) in [6, 6.07) is 13.7. The third-order valence-corrected chi connectivity index (χ3v) is 3.01. The molecular formula is C15H14N4O. The minimum absolute atomic E-state index is 0.158. The molecule has 2 N–H and O–H groups in total. The topological polar surface area (TPSA) is 62.2 Å². The van der Waals surface area contributed by atoms with E-state index in [1.54, 1.807) is 12.4 Å². The number of H-pyrrole nitrogens is 1. The summed E-state index contributed by atoms with van der Waals surface area (Å²) < 4.78 is 1.90. The molecule has 0 spiro atoms. The number of para-hydroxylation sites is 1. The van der Waals surface area contributed by atoms with Crippen LogP contribution in [-0.4, -0.2) is 21.7 Å². The molecular weight excluding hydrogens is 252 g/mol. The molecule has 0 fully saturated rings. The summed E-state index contributed by atoms with van der Waals surface area (Å²) in [5, 5.41) is 5.03. The van der Waals surface area contributed by atoms with Gasteiger partial charge in [-0.1, -0.05) is 18.2 Å². The van der Waals surface area contributed by atoms with E-state index >= 15 is 0 Å². The van der Waals surface area contributed by atoms with Gasteiger partial charge in [-0.25, -0.2) is 5.43 Å². The van der Waals surface area contributed by atoms with Crippen molar-refractivity contribution in [3.05, 3.63) is 60.6 Å². The van der Waals surface area contributed by atoms with Gasteiger partial charge < -0.3 is 9.55 Å². The van der Waals surface area contributed by atoms with Gasteiger partial charge in [0.15, 0.2) is 0 Å². The minimum Gasteiger partial charge on any atom is -0.360 e. The Morgan fingerprint density at radius 2 is 2.15 bits per heavy atom. The van der Waals surface area contributed by atoms with Gasteiger partial charge >= 0.3 is 0 Å². The zero-order valence-corrected chi connectivity index (χ0v) is 10.8. The number of carbonyl (C=O) groups is 1. The van der Waals surface area contributed by atoms with Crippen LogP contribution in [0.25, 0.3) is 10.9 Å². The van der Waals surface area contributed by atoms with E-state index in [1.807, 2.05) is 53.2 Å². The predicted molar refractivity (Wildman–Crippen MR) is 78.5 cm³/mol. The van der Waals surface area contributed by atoms with Crippen LogP contribution < -0.4 is 5.43 Å². The molecule has 0 atom stereocenters. The minimum atomic E-state index is -0.158. The van der Waals surface area contributed by atoms with Crippen LogP contribution in [0, 0.1) is 0 Å². The second-order valence-corrected chi connectivity index (χ2v) is 4.42. The van der Waals surface area contributed by atoms with Gasteiger partial charge in [0.1, 0.15) is 6.54 Å². The molecule has 0 aliphatic heterocycles. The molecule has 100 valence electrons. The number of aromatic nitrogens is 2. The number of fused-ring (bicyclic) bond motifs is 1. The van der Waals surface area contributed by atoms with E-state index in [0.29, 0.717) is 0 Å². The SMILES string of the molecule is O=C(Cn1ccc2ccccc21)N/N=C/c1ccc[nH]1. The molecule has 0 aliphatic rings. The quantitative estimate of drug-likeness (QED) is 0.551. The van der Waals surface area contributed by atoms with Crippen molar-refractivity contribution in [2.45, 2.75) is 6.54 Å². The van der Waals surface area contributed by atoms with Crippen molar-refractivity contribution >= 4 is 23.0 Å². The van der Waals surface area contributed by atoms with Crippen LogP contribution in [0.3, 0.4) is 0 Å². The lowest BCUT2D eigenvalue weighted by Gasteiger charge is -2.03. The van der Waals surface area contributed by atoms with Gasteiger partial charge in [0.05, 0.1) is 11.9 Å². The maximum absolute atomic E-state index is 11.8. The highest BCUT2D eigenvalue weighted by Crippen LogP contribution is 2.14. The lowest BCUT2D eigenvalue weighted by molar-refractivity contribution is -0.121. The van der Waals surface area contributed by atoms with Crippen LogP contribution in [0.1, 0.15) is 5.69 Å². The second kappa shape index (κ2) is 5.44. The number of aromatic amines is 1. The van der Waals surface area contributed by atoms with Crippen LogP contribution in [0.4, 0.5) is 0 Å². The van der Waals surface area contributed by atoms with E-state index < -0.39 is 0 Å². The Kier molecular flexibility index (Phi) is 3.33. The molecule has 3 rings (SSSR count). The molecule has 0 saturated carbocycles. The first-order chi connectivity index (χ1) is 9.83. The first-order valence-electron chi connectivity index (χ1n) is 6.32. The zero-order valence-electron chi connectivity index (χ0n) is 10.8. The Morgan fingerprint density at radius 3 is 3.00 bits per heavy atom. The summed E-state index contributed by atoms with van der Waals surface area (Å²) in [4.78, 5) is 14.8. The molecule has 0 aliphatic carbocycles. The third-order valence-electron chi connectivity index (χ3n) is 3.01. The van der Waals surface area contributed by atoms with Crippen LogP contribution in [0.5, 0.6) is 0 Å². The summed E-state index contributed by atoms with van der Waals surface area (Å²) in [5.74, 6) is -0.158. The highest BCUT2D eigenvalue weighted by atomic mass is 16.2. The molecule has 1 aromatic carbocycles. The molecule has 20 heavy (non-hydrogen) atoms. The van der Waals surface area contributed by atoms with Crippen molar-refractivity contribution in [1.82, 2.24) is 15.0 Å². The standard InChI is InChI=1S/C15H14N4O/c20-15(18-17-10-13-5-3-8-16-13)11-19-9-7-12-4-1-2-6-14(12)19/h1-10,16H,11H2,(H,18,20)/b17-10+. The lowest BCUT2D eigenvalue weighted by Crippen LogP contribution is -2.22. The second-order valence-electron chi connectivity index (χ2n) is 4.42.